The third kappa shape index (κ3) is 12.1. The summed E-state index contributed by atoms with van der Waals surface area (Å²) >= 11 is 4.30. The number of carboxylic acids is 1. The largest absolute Gasteiger partial charge is 0.480 e. The molecule has 0 aliphatic heterocycles. The highest BCUT2D eigenvalue weighted by Crippen LogP contribution is 2.41. The van der Waals surface area contributed by atoms with Crippen molar-refractivity contribution >= 4 is 51.3 Å². The minimum absolute atomic E-state index is 0.0118. The van der Waals surface area contributed by atoms with Crippen LogP contribution in [0.1, 0.15) is 63.8 Å². The number of carbonyl (C=O) groups excluding carboxylic acids is 3. The monoisotopic (exact) mass is 762 g/mol. The molecule has 2 atom stereocenters. The van der Waals surface area contributed by atoms with Crippen LogP contribution in [0.3, 0.4) is 0 Å². The summed E-state index contributed by atoms with van der Waals surface area (Å²) in [7, 11) is 0. The minimum Gasteiger partial charge on any atom is -0.480 e. The first-order valence-corrected chi connectivity index (χ1v) is 18.4. The van der Waals surface area contributed by atoms with Gasteiger partial charge in [-0.1, -0.05) is 67.0 Å². The lowest BCUT2D eigenvalue weighted by molar-refractivity contribution is -0.142. The summed E-state index contributed by atoms with van der Waals surface area (Å²) in [6.45, 7) is 7.19. The number of hydrogen-bond acceptors (Lipinski definition) is 6. The molecule has 0 fully saturated rings. The lowest BCUT2D eigenvalue weighted by Crippen LogP contribution is -2.44. The molecule has 4 N–H and O–H groups in total. The number of nitrogens with two attached hydrogens (primary N) is 1. The molecule has 9 nitrogen and oxygen atoms in total. The van der Waals surface area contributed by atoms with Crippen molar-refractivity contribution in [1.82, 2.24) is 14.8 Å². The number of alkyl halides is 1. The second-order valence-electron chi connectivity index (χ2n) is 12.9. The van der Waals surface area contributed by atoms with Crippen LogP contribution in [0.5, 0.6) is 0 Å². The van der Waals surface area contributed by atoms with Gasteiger partial charge >= 0.3 is 5.97 Å². The Morgan fingerprint density at radius 1 is 1.06 bits per heavy atom. The van der Waals surface area contributed by atoms with Gasteiger partial charge in [-0.15, -0.1) is 0 Å². The van der Waals surface area contributed by atoms with Crippen LogP contribution in [-0.4, -0.2) is 74.1 Å². The zero-order valence-electron chi connectivity index (χ0n) is 28.1. The van der Waals surface area contributed by atoms with Crippen molar-refractivity contribution in [3.05, 3.63) is 83.7 Å². The molecule has 0 saturated carbocycles. The van der Waals surface area contributed by atoms with Crippen molar-refractivity contribution in [2.75, 3.05) is 29.9 Å². The van der Waals surface area contributed by atoms with Gasteiger partial charge in [0.05, 0.1) is 17.1 Å². The third-order valence-electron chi connectivity index (χ3n) is 7.89. The maximum Gasteiger partial charge on any atom is 0.326 e. The van der Waals surface area contributed by atoms with Gasteiger partial charge < -0.3 is 25.6 Å². The van der Waals surface area contributed by atoms with Crippen LogP contribution < -0.4 is 11.1 Å². The topological polar surface area (TPSA) is 135 Å². The molecule has 0 bridgehead atoms. The number of thioether (sulfide) groups is 1. The number of Topliss-reactive ketones (excluding diaryl/α,β-unsaturated/α-hetero) is 1. The number of nitrogens with one attached hydrogen (secondary N) is 1. The molecule has 3 aromatic rings. The summed E-state index contributed by atoms with van der Waals surface area (Å²) in [5.41, 5.74) is 7.75. The van der Waals surface area contributed by atoms with E-state index in [1.807, 2.05) is 61.7 Å². The lowest BCUT2D eigenvalue weighted by Gasteiger charge is -2.41. The summed E-state index contributed by atoms with van der Waals surface area (Å²) in [5, 5.41) is 12.0. The zero-order valence-corrected chi connectivity index (χ0v) is 30.5. The predicted molar refractivity (Wildman–Crippen MR) is 192 cm³/mol. The van der Waals surface area contributed by atoms with E-state index in [0.717, 1.165) is 23.4 Å². The van der Waals surface area contributed by atoms with Crippen molar-refractivity contribution in [2.24, 2.45) is 11.1 Å². The molecule has 2 aromatic carbocycles. The van der Waals surface area contributed by atoms with E-state index in [4.69, 9.17) is 5.73 Å². The van der Waals surface area contributed by atoms with E-state index in [0.29, 0.717) is 31.6 Å². The number of amides is 2. The quantitative estimate of drug-likeness (QED) is 0.0981. The van der Waals surface area contributed by atoms with E-state index < -0.39 is 41.0 Å². The molecule has 1 aromatic heterocycles. The molecule has 13 heteroatoms. The zero-order chi connectivity index (χ0) is 36.1. The fraction of sp³-hybridized carbons (Fsp3) is 0.444. The Hall–Kier alpha value is -3.55. The second-order valence-corrected chi connectivity index (χ2v) is 14.5. The van der Waals surface area contributed by atoms with Gasteiger partial charge in [0.1, 0.15) is 23.5 Å². The summed E-state index contributed by atoms with van der Waals surface area (Å²) in [6, 6.07) is 13.2. The first kappa shape index (κ1) is 39.9. The van der Waals surface area contributed by atoms with Crippen LogP contribution in [0.4, 0.5) is 8.78 Å². The Bertz CT molecular complexity index is 1580. The van der Waals surface area contributed by atoms with Crippen LogP contribution in [0.2, 0.25) is 0 Å². The fourth-order valence-corrected chi connectivity index (χ4v) is 6.67. The third-order valence-corrected chi connectivity index (χ3v) is 9.46. The standard InChI is InChI=1S/C36H45BrF2N4O5S/c1-36(2,3)34(31-18-25(28-19-26(38)10-12-29(28)39)22-42(31)21-24-8-5-4-6-9-24)43(16-7-15-40)33(46)23-49-17-14-32(45)41-30(35(47)48)13-11-27(44)20-37/h4-6,8-10,12,18-19,22,30,34H,7,11,13-17,20-21,23,40H2,1-3H3,(H,41,45)(H,47,48)/t30-,34+/m1/s1. The molecule has 0 spiro atoms. The normalized spacial score (nSPS) is 12.7. The van der Waals surface area contributed by atoms with Crippen LogP contribution in [0.25, 0.3) is 11.1 Å². The van der Waals surface area contributed by atoms with Gasteiger partial charge in [0.25, 0.3) is 0 Å². The van der Waals surface area contributed by atoms with E-state index in [1.54, 1.807) is 11.1 Å². The predicted octanol–water partition coefficient (Wildman–Crippen LogP) is 6.18. The van der Waals surface area contributed by atoms with E-state index >= 15 is 4.39 Å². The Labute approximate surface area is 299 Å². The van der Waals surface area contributed by atoms with E-state index in [2.05, 4.69) is 21.2 Å². The van der Waals surface area contributed by atoms with E-state index in [9.17, 15) is 28.7 Å². The van der Waals surface area contributed by atoms with Gasteiger partial charge in [0.2, 0.25) is 11.8 Å². The van der Waals surface area contributed by atoms with Crippen molar-refractivity contribution in [2.45, 2.75) is 65.1 Å². The summed E-state index contributed by atoms with van der Waals surface area (Å²) < 4.78 is 31.3. The van der Waals surface area contributed by atoms with Crippen LogP contribution in [-0.2, 0) is 25.7 Å². The number of aliphatic carboxylic acids is 1. The molecular weight excluding hydrogens is 718 g/mol. The number of carbonyl (C=O) groups is 4. The summed E-state index contributed by atoms with van der Waals surface area (Å²) in [6.07, 6.45) is 2.32. The van der Waals surface area contributed by atoms with Gasteiger partial charge in [-0.3, -0.25) is 14.4 Å². The average molecular weight is 764 g/mol. The highest BCUT2D eigenvalue weighted by atomic mass is 79.9. The molecule has 0 aliphatic carbocycles. The summed E-state index contributed by atoms with van der Waals surface area (Å²) in [5.74, 6) is -2.84. The van der Waals surface area contributed by atoms with Crippen molar-refractivity contribution in [3.63, 3.8) is 0 Å². The average Bonchev–Trinajstić information content (AvgIpc) is 3.45. The number of benzene rings is 2. The van der Waals surface area contributed by atoms with Gasteiger partial charge in [-0.05, 0) is 54.6 Å². The second kappa shape index (κ2) is 19.0. The number of nitrogens with zero attached hydrogens (tertiary/aromatic N) is 2. The Morgan fingerprint density at radius 3 is 2.41 bits per heavy atom. The molecule has 3 rings (SSSR count). The smallest absolute Gasteiger partial charge is 0.326 e. The number of hydrogen-bond donors (Lipinski definition) is 3. The molecule has 1 heterocycles. The van der Waals surface area contributed by atoms with Crippen LogP contribution in [0.15, 0.2) is 60.8 Å². The van der Waals surface area contributed by atoms with Crippen molar-refractivity contribution in [1.29, 1.82) is 0 Å². The molecule has 0 radical (unpaired) electrons. The van der Waals surface area contributed by atoms with Gasteiger partial charge in [-0.2, -0.15) is 11.8 Å². The lowest BCUT2D eigenvalue weighted by atomic mass is 9.83. The maximum atomic E-state index is 15.0. The van der Waals surface area contributed by atoms with E-state index in [-0.39, 0.29) is 53.4 Å². The number of rotatable bonds is 19. The van der Waals surface area contributed by atoms with Crippen LogP contribution >= 0.6 is 27.7 Å². The van der Waals surface area contributed by atoms with Crippen LogP contribution in [0, 0.1) is 17.0 Å². The molecule has 0 saturated heterocycles. The SMILES string of the molecule is CC(C)(C)[C@H](c1cc(-c2cc(F)ccc2F)cn1Cc1ccccc1)N(CCCN)C(=O)CSCCC(=O)N[C@H](CCC(=O)CBr)C(=O)O. The highest BCUT2D eigenvalue weighted by molar-refractivity contribution is 9.09. The Morgan fingerprint density at radius 2 is 1.78 bits per heavy atom. The number of ketones is 1. The molecular formula is C36H45BrF2N4O5S. The van der Waals surface area contributed by atoms with Crippen molar-refractivity contribution < 1.29 is 33.1 Å². The maximum absolute atomic E-state index is 15.0. The summed E-state index contributed by atoms with van der Waals surface area (Å²) in [4.78, 5) is 51.4. The number of aromatic nitrogens is 1. The van der Waals surface area contributed by atoms with Crippen molar-refractivity contribution in [3.8, 4) is 11.1 Å². The molecule has 0 unspecified atom stereocenters. The molecule has 0 aliphatic rings. The minimum atomic E-state index is -1.22. The molecule has 2 amide bonds. The van der Waals surface area contributed by atoms with Gasteiger partial charge in [0.15, 0.2) is 0 Å². The molecule has 49 heavy (non-hydrogen) atoms. The van der Waals surface area contributed by atoms with Gasteiger partial charge in [-0.25, -0.2) is 13.6 Å². The number of carboxylic acid groups (broad SMARTS) is 1. The Balaban J connectivity index is 1.86. The molecule has 266 valence electrons. The highest BCUT2D eigenvalue weighted by Gasteiger charge is 2.37. The van der Waals surface area contributed by atoms with Gasteiger partial charge in [0, 0.05) is 54.7 Å². The number of halogens is 3. The fourth-order valence-electron chi connectivity index (χ4n) is 5.57. The first-order chi connectivity index (χ1) is 23.2. The first-order valence-electron chi connectivity index (χ1n) is 16.1. The Kier molecular flexibility index (Phi) is 15.5. The van der Waals surface area contributed by atoms with E-state index in [1.165, 1.54) is 17.8 Å².